The fourth-order valence-electron chi connectivity index (χ4n) is 3.26. The molecule has 24 heavy (non-hydrogen) atoms. The number of ether oxygens (including phenoxy) is 2. The van der Waals surface area contributed by atoms with E-state index >= 15 is 0 Å². The van der Waals surface area contributed by atoms with Crippen molar-refractivity contribution < 1.29 is 19.1 Å². The second-order valence-corrected chi connectivity index (χ2v) is 6.01. The first-order chi connectivity index (χ1) is 11.6. The lowest BCUT2D eigenvalue weighted by molar-refractivity contribution is 0.0499. The Morgan fingerprint density at radius 3 is 2.75 bits per heavy atom. The lowest BCUT2D eigenvalue weighted by Crippen LogP contribution is -2.50. The minimum atomic E-state index is -0.455. The van der Waals surface area contributed by atoms with Gasteiger partial charge in [0.1, 0.15) is 0 Å². The van der Waals surface area contributed by atoms with E-state index in [1.54, 1.807) is 6.07 Å². The quantitative estimate of drug-likeness (QED) is 0.831. The monoisotopic (exact) mass is 334 g/mol. The highest BCUT2D eigenvalue weighted by atomic mass is 16.6. The Kier molecular flexibility index (Phi) is 4.73. The van der Waals surface area contributed by atoms with Gasteiger partial charge in [-0.2, -0.15) is 0 Å². The van der Waals surface area contributed by atoms with E-state index in [1.165, 1.54) is 13.3 Å². The molecule has 2 N–H and O–H groups in total. The van der Waals surface area contributed by atoms with Gasteiger partial charge in [0.2, 0.25) is 0 Å². The molecule has 0 radical (unpaired) electrons. The highest BCUT2D eigenvalue weighted by Gasteiger charge is 2.31. The number of pyridine rings is 1. The Morgan fingerprint density at radius 1 is 1.38 bits per heavy atom. The number of carbonyl (C=O) groups excluding carboxylic acids is 2. The molecule has 0 unspecified atom stereocenters. The first-order valence-electron chi connectivity index (χ1n) is 8.12. The van der Waals surface area contributed by atoms with Crippen molar-refractivity contribution in [3.63, 3.8) is 0 Å². The van der Waals surface area contributed by atoms with Crippen LogP contribution in [0.1, 0.15) is 29.6 Å². The van der Waals surface area contributed by atoms with E-state index in [4.69, 9.17) is 10.5 Å². The lowest BCUT2D eigenvalue weighted by Gasteiger charge is -2.40. The number of nitrogens with zero attached hydrogens (tertiary/aromatic N) is 3. The van der Waals surface area contributed by atoms with Crippen molar-refractivity contribution in [3.05, 3.63) is 17.8 Å². The molecule has 3 rings (SSSR count). The molecule has 0 saturated carbocycles. The van der Waals surface area contributed by atoms with Gasteiger partial charge in [0.05, 0.1) is 25.0 Å². The van der Waals surface area contributed by atoms with Gasteiger partial charge in [-0.25, -0.2) is 14.6 Å². The van der Waals surface area contributed by atoms with Crippen LogP contribution in [0, 0.1) is 0 Å². The number of amides is 1. The minimum Gasteiger partial charge on any atom is -0.465 e. The maximum Gasteiger partial charge on any atom is 0.410 e. The van der Waals surface area contributed by atoms with Gasteiger partial charge >= 0.3 is 12.1 Å². The third-order valence-corrected chi connectivity index (χ3v) is 4.52. The van der Waals surface area contributed by atoms with Crippen molar-refractivity contribution in [2.45, 2.75) is 25.3 Å². The maximum absolute atomic E-state index is 11.8. The SMILES string of the molecule is COC(=O)c1cnc(N2CCC(N3CCCOC3=O)CC2)c(N)c1. The van der Waals surface area contributed by atoms with E-state index in [0.29, 0.717) is 23.7 Å². The number of nitrogen functional groups attached to an aromatic ring is 1. The molecule has 3 heterocycles. The summed E-state index contributed by atoms with van der Waals surface area (Å²) in [5, 5.41) is 0. The Hall–Kier alpha value is -2.51. The predicted octanol–water partition coefficient (Wildman–Crippen LogP) is 1.26. The van der Waals surface area contributed by atoms with E-state index < -0.39 is 5.97 Å². The topological polar surface area (TPSA) is 98.0 Å². The number of carbonyl (C=O) groups is 2. The van der Waals surface area contributed by atoms with Crippen molar-refractivity contribution in [3.8, 4) is 0 Å². The summed E-state index contributed by atoms with van der Waals surface area (Å²) in [5.41, 5.74) is 6.84. The Morgan fingerprint density at radius 2 is 2.12 bits per heavy atom. The molecule has 2 fully saturated rings. The van der Waals surface area contributed by atoms with Gasteiger partial charge in [-0.3, -0.25) is 0 Å². The molecular formula is C16H22N4O4. The molecule has 2 saturated heterocycles. The zero-order chi connectivity index (χ0) is 17.1. The lowest BCUT2D eigenvalue weighted by atomic mass is 10.0. The Balaban J connectivity index is 1.64. The first kappa shape index (κ1) is 16.4. The third kappa shape index (κ3) is 3.22. The van der Waals surface area contributed by atoms with Gasteiger partial charge in [0.25, 0.3) is 0 Å². The standard InChI is InChI=1S/C16H22N4O4/c1-23-15(21)11-9-13(17)14(18-10-11)19-6-3-12(4-7-19)20-5-2-8-24-16(20)22/h9-10,12H,2-8,17H2,1H3. The van der Waals surface area contributed by atoms with E-state index in [0.717, 1.165) is 38.9 Å². The number of piperidine rings is 1. The fourth-order valence-corrected chi connectivity index (χ4v) is 3.26. The van der Waals surface area contributed by atoms with Crippen LogP contribution in [-0.2, 0) is 9.47 Å². The van der Waals surface area contributed by atoms with Gasteiger partial charge in [-0.1, -0.05) is 0 Å². The van der Waals surface area contributed by atoms with Crippen LogP contribution < -0.4 is 10.6 Å². The van der Waals surface area contributed by atoms with Crippen LogP contribution in [0.2, 0.25) is 0 Å². The first-order valence-corrected chi connectivity index (χ1v) is 8.12. The summed E-state index contributed by atoms with van der Waals surface area (Å²) < 4.78 is 9.79. The van der Waals surface area contributed by atoms with Crippen LogP contribution in [0.25, 0.3) is 0 Å². The van der Waals surface area contributed by atoms with Crippen molar-refractivity contribution in [1.82, 2.24) is 9.88 Å². The average molecular weight is 334 g/mol. The van der Waals surface area contributed by atoms with Gasteiger partial charge < -0.3 is 25.0 Å². The van der Waals surface area contributed by atoms with Crippen LogP contribution in [0.4, 0.5) is 16.3 Å². The molecule has 8 nitrogen and oxygen atoms in total. The number of methoxy groups -OCH3 is 1. The summed E-state index contributed by atoms with van der Waals surface area (Å²) in [6, 6.07) is 1.78. The summed E-state index contributed by atoms with van der Waals surface area (Å²) in [5.74, 6) is 0.213. The molecule has 0 bridgehead atoms. The number of cyclic esters (lactones) is 1. The summed E-state index contributed by atoms with van der Waals surface area (Å²) >= 11 is 0. The number of aromatic nitrogens is 1. The maximum atomic E-state index is 11.8. The van der Waals surface area contributed by atoms with E-state index in [-0.39, 0.29) is 12.1 Å². The highest BCUT2D eigenvalue weighted by Crippen LogP contribution is 2.27. The zero-order valence-corrected chi connectivity index (χ0v) is 13.7. The minimum absolute atomic E-state index is 0.199. The smallest absolute Gasteiger partial charge is 0.410 e. The van der Waals surface area contributed by atoms with Crippen LogP contribution in [-0.4, -0.2) is 61.3 Å². The molecule has 0 aromatic carbocycles. The number of hydrogen-bond acceptors (Lipinski definition) is 7. The van der Waals surface area contributed by atoms with Gasteiger partial charge in [0, 0.05) is 31.9 Å². The van der Waals surface area contributed by atoms with Gasteiger partial charge in [-0.05, 0) is 25.3 Å². The Labute approximate surface area is 140 Å². The van der Waals surface area contributed by atoms with Crippen LogP contribution in [0.3, 0.4) is 0 Å². The average Bonchev–Trinajstić information content (AvgIpc) is 2.61. The third-order valence-electron chi connectivity index (χ3n) is 4.52. The molecule has 1 aromatic heterocycles. The molecule has 2 aliphatic heterocycles. The number of hydrogen-bond donors (Lipinski definition) is 1. The fraction of sp³-hybridized carbons (Fsp3) is 0.562. The molecule has 0 spiro atoms. The normalized spacial score (nSPS) is 19.1. The van der Waals surface area contributed by atoms with E-state index in [9.17, 15) is 9.59 Å². The zero-order valence-electron chi connectivity index (χ0n) is 13.7. The van der Waals surface area contributed by atoms with Crippen molar-refractivity contribution >= 4 is 23.6 Å². The molecule has 2 aliphatic rings. The van der Waals surface area contributed by atoms with Gasteiger partial charge in [0.15, 0.2) is 5.82 Å². The number of esters is 1. The van der Waals surface area contributed by atoms with Crippen LogP contribution in [0.15, 0.2) is 12.3 Å². The largest absolute Gasteiger partial charge is 0.465 e. The van der Waals surface area contributed by atoms with Crippen molar-refractivity contribution in [2.75, 3.05) is 44.0 Å². The number of rotatable bonds is 3. The second kappa shape index (κ2) is 6.94. The van der Waals surface area contributed by atoms with Crippen molar-refractivity contribution in [1.29, 1.82) is 0 Å². The number of anilines is 2. The van der Waals surface area contributed by atoms with Crippen molar-refractivity contribution in [2.24, 2.45) is 0 Å². The predicted molar refractivity (Wildman–Crippen MR) is 87.9 cm³/mol. The summed E-state index contributed by atoms with van der Waals surface area (Å²) in [6.07, 6.45) is 3.84. The molecule has 1 aromatic rings. The molecule has 0 atom stereocenters. The Bertz CT molecular complexity index is 629. The van der Waals surface area contributed by atoms with Crippen LogP contribution in [0.5, 0.6) is 0 Å². The second-order valence-electron chi connectivity index (χ2n) is 6.01. The molecule has 0 aliphatic carbocycles. The van der Waals surface area contributed by atoms with E-state index in [2.05, 4.69) is 14.6 Å². The van der Waals surface area contributed by atoms with Crippen LogP contribution >= 0.6 is 0 Å². The molecular weight excluding hydrogens is 312 g/mol. The van der Waals surface area contributed by atoms with Gasteiger partial charge in [-0.15, -0.1) is 0 Å². The molecule has 1 amide bonds. The van der Waals surface area contributed by atoms with E-state index in [1.807, 2.05) is 4.90 Å². The highest BCUT2D eigenvalue weighted by molar-refractivity contribution is 5.90. The molecule has 8 heteroatoms. The summed E-state index contributed by atoms with van der Waals surface area (Å²) in [6.45, 7) is 2.78. The molecule has 130 valence electrons. The number of nitrogens with two attached hydrogens (primary N) is 1. The summed E-state index contributed by atoms with van der Waals surface area (Å²) in [7, 11) is 1.32. The summed E-state index contributed by atoms with van der Waals surface area (Å²) in [4.78, 5) is 31.6.